The van der Waals surface area contributed by atoms with Crippen LogP contribution < -0.4 is 0 Å². The standard InChI is InChI=1S/C32H43NO5/c1-18(2)13-16-36-28(3,4)26-24(34)27-32(38-27)23(37-26)12-14-29(5)30(6)19(11-15-31(29,32)35)17-21-20-9-7-8-10-22(20)33-25(21)30/h7-10,13,19,23-24,26-27,33-35H,11-12,14-17H2,1-6H3. The fourth-order valence-electron chi connectivity index (χ4n) is 9.47. The number of aliphatic hydroxyl groups excluding tert-OH is 1. The quantitative estimate of drug-likeness (QED) is 0.392. The molecule has 5 aliphatic rings. The number of H-pyrrole nitrogens is 1. The first-order chi connectivity index (χ1) is 17.9. The van der Waals surface area contributed by atoms with Crippen molar-refractivity contribution in [1.82, 2.24) is 4.98 Å². The topological polar surface area (TPSA) is 87.2 Å². The Hall–Kier alpha value is -1.70. The summed E-state index contributed by atoms with van der Waals surface area (Å²) in [6.07, 6.45) is 4.21. The Labute approximate surface area is 225 Å². The largest absolute Gasteiger partial charge is 0.387 e. The third kappa shape index (κ3) is 2.81. The van der Waals surface area contributed by atoms with Gasteiger partial charge in [-0.15, -0.1) is 0 Å². The first-order valence-electron chi connectivity index (χ1n) is 14.5. The van der Waals surface area contributed by atoms with Crippen molar-refractivity contribution >= 4 is 10.9 Å². The molecule has 3 heterocycles. The van der Waals surface area contributed by atoms with E-state index in [1.807, 2.05) is 33.8 Å². The number of aromatic amines is 1. The van der Waals surface area contributed by atoms with E-state index < -0.39 is 40.5 Å². The SMILES string of the molecule is CC(C)=CCOC(C)(C)C1OC2CCC3(C)C4(C)c5[nH]c6ccccc6c5CC4CCC3(O)C23OC3C1O. The molecule has 1 aromatic carbocycles. The van der Waals surface area contributed by atoms with Gasteiger partial charge in [-0.3, -0.25) is 0 Å². The molecular weight excluding hydrogens is 478 g/mol. The van der Waals surface area contributed by atoms with E-state index in [4.69, 9.17) is 14.2 Å². The molecule has 2 aromatic rings. The average Bonchev–Trinajstić information content (AvgIpc) is 3.44. The molecule has 1 spiro atoms. The van der Waals surface area contributed by atoms with Gasteiger partial charge in [0.1, 0.15) is 23.9 Å². The molecule has 3 aliphatic carbocycles. The normalized spacial score (nSPS) is 45.0. The Balaban J connectivity index is 1.25. The van der Waals surface area contributed by atoms with Crippen molar-refractivity contribution in [2.45, 2.75) is 120 Å². The van der Waals surface area contributed by atoms with Gasteiger partial charge in [0.05, 0.1) is 18.3 Å². The van der Waals surface area contributed by atoms with Crippen LogP contribution in [0.2, 0.25) is 0 Å². The number of fused-ring (bicyclic) bond motifs is 7. The van der Waals surface area contributed by atoms with E-state index in [9.17, 15) is 10.2 Å². The van der Waals surface area contributed by atoms with Crippen LogP contribution in [-0.4, -0.2) is 63.0 Å². The Morgan fingerprint density at radius 3 is 2.71 bits per heavy atom. The van der Waals surface area contributed by atoms with Crippen LogP contribution in [0, 0.1) is 11.3 Å². The van der Waals surface area contributed by atoms with Crippen LogP contribution in [0.25, 0.3) is 10.9 Å². The monoisotopic (exact) mass is 521 g/mol. The van der Waals surface area contributed by atoms with Gasteiger partial charge in [0, 0.05) is 27.4 Å². The predicted octanol–water partition coefficient (Wildman–Crippen LogP) is 4.95. The van der Waals surface area contributed by atoms with E-state index in [2.05, 4.69) is 43.1 Å². The molecule has 2 saturated carbocycles. The number of rotatable bonds is 4. The minimum atomic E-state index is -1.10. The van der Waals surface area contributed by atoms with Crippen molar-refractivity contribution in [3.8, 4) is 0 Å². The zero-order chi connectivity index (χ0) is 26.9. The summed E-state index contributed by atoms with van der Waals surface area (Å²) in [4.78, 5) is 3.80. The minimum Gasteiger partial charge on any atom is -0.387 e. The van der Waals surface area contributed by atoms with E-state index >= 15 is 0 Å². The fourth-order valence-corrected chi connectivity index (χ4v) is 9.47. The van der Waals surface area contributed by atoms with Crippen molar-refractivity contribution in [2.75, 3.05) is 6.61 Å². The van der Waals surface area contributed by atoms with Crippen LogP contribution in [0.3, 0.4) is 0 Å². The molecule has 6 nitrogen and oxygen atoms in total. The van der Waals surface area contributed by atoms with Crippen LogP contribution >= 0.6 is 0 Å². The van der Waals surface area contributed by atoms with E-state index in [-0.39, 0.29) is 11.5 Å². The summed E-state index contributed by atoms with van der Waals surface area (Å²) >= 11 is 0. The van der Waals surface area contributed by atoms with Crippen LogP contribution in [0.15, 0.2) is 35.9 Å². The van der Waals surface area contributed by atoms with Gasteiger partial charge in [-0.2, -0.15) is 0 Å². The number of allylic oxidation sites excluding steroid dienone is 1. The van der Waals surface area contributed by atoms with Crippen LogP contribution in [-0.2, 0) is 26.0 Å². The van der Waals surface area contributed by atoms with Crippen molar-refractivity contribution in [3.63, 3.8) is 0 Å². The highest BCUT2D eigenvalue weighted by atomic mass is 16.7. The zero-order valence-corrected chi connectivity index (χ0v) is 23.6. The Morgan fingerprint density at radius 1 is 1.18 bits per heavy atom. The minimum absolute atomic E-state index is 0.223. The molecule has 206 valence electrons. The van der Waals surface area contributed by atoms with Crippen molar-refractivity contribution in [2.24, 2.45) is 11.3 Å². The molecule has 38 heavy (non-hydrogen) atoms. The summed E-state index contributed by atoms with van der Waals surface area (Å²) in [5, 5.41) is 25.8. The summed E-state index contributed by atoms with van der Waals surface area (Å²) in [7, 11) is 0. The van der Waals surface area contributed by atoms with E-state index in [0.717, 1.165) is 25.7 Å². The second-order valence-electron chi connectivity index (χ2n) is 14.0. The zero-order valence-electron chi connectivity index (χ0n) is 23.6. The average molecular weight is 522 g/mol. The first kappa shape index (κ1) is 25.3. The molecule has 0 amide bonds. The lowest BCUT2D eigenvalue weighted by atomic mass is 9.40. The molecule has 6 heteroatoms. The third-order valence-corrected chi connectivity index (χ3v) is 11.8. The predicted molar refractivity (Wildman–Crippen MR) is 146 cm³/mol. The Morgan fingerprint density at radius 2 is 1.95 bits per heavy atom. The highest BCUT2D eigenvalue weighted by Gasteiger charge is 2.86. The molecule has 9 unspecified atom stereocenters. The molecule has 3 N–H and O–H groups in total. The van der Waals surface area contributed by atoms with Gasteiger partial charge in [0.2, 0.25) is 0 Å². The van der Waals surface area contributed by atoms with Gasteiger partial charge >= 0.3 is 0 Å². The lowest BCUT2D eigenvalue weighted by Crippen LogP contribution is -2.76. The number of hydrogen-bond acceptors (Lipinski definition) is 5. The maximum absolute atomic E-state index is 12.9. The Kier molecular flexibility index (Phi) is 5.14. The maximum Gasteiger partial charge on any atom is 0.152 e. The summed E-state index contributed by atoms with van der Waals surface area (Å²) < 4.78 is 19.4. The lowest BCUT2D eigenvalue weighted by molar-refractivity contribution is -0.283. The smallest absolute Gasteiger partial charge is 0.152 e. The molecule has 1 aromatic heterocycles. The van der Waals surface area contributed by atoms with E-state index in [1.165, 1.54) is 27.7 Å². The molecule has 0 bridgehead atoms. The number of ether oxygens (including phenoxy) is 3. The third-order valence-electron chi connectivity index (χ3n) is 11.8. The number of epoxide rings is 1. The van der Waals surface area contributed by atoms with Crippen LogP contribution in [0.5, 0.6) is 0 Å². The molecular formula is C32H43NO5. The fraction of sp³-hybridized carbons (Fsp3) is 0.688. The number of hydrogen-bond donors (Lipinski definition) is 3. The molecule has 2 aliphatic heterocycles. The molecule has 4 fully saturated rings. The van der Waals surface area contributed by atoms with Crippen molar-refractivity contribution in [3.05, 3.63) is 47.2 Å². The Bertz CT molecular complexity index is 1330. The van der Waals surface area contributed by atoms with Gasteiger partial charge in [0.15, 0.2) is 5.60 Å². The van der Waals surface area contributed by atoms with E-state index in [1.54, 1.807) is 0 Å². The van der Waals surface area contributed by atoms with Gasteiger partial charge in [-0.25, -0.2) is 0 Å². The van der Waals surface area contributed by atoms with Gasteiger partial charge in [-0.1, -0.05) is 43.7 Å². The molecule has 2 saturated heterocycles. The number of para-hydroxylation sites is 1. The van der Waals surface area contributed by atoms with Gasteiger partial charge in [-0.05, 0) is 77.3 Å². The summed E-state index contributed by atoms with van der Waals surface area (Å²) in [5.74, 6) is 0.466. The number of aliphatic hydroxyl groups is 2. The number of aromatic nitrogens is 1. The summed E-state index contributed by atoms with van der Waals surface area (Å²) in [6, 6.07) is 8.59. The van der Waals surface area contributed by atoms with Crippen LogP contribution in [0.4, 0.5) is 0 Å². The first-order valence-corrected chi connectivity index (χ1v) is 14.5. The van der Waals surface area contributed by atoms with Crippen LogP contribution in [0.1, 0.15) is 78.5 Å². The lowest BCUT2D eigenvalue weighted by Gasteiger charge is -2.66. The highest BCUT2D eigenvalue weighted by Crippen LogP contribution is 2.75. The molecule has 7 rings (SSSR count). The second kappa shape index (κ2) is 7.73. The van der Waals surface area contributed by atoms with Gasteiger partial charge in [0.25, 0.3) is 0 Å². The van der Waals surface area contributed by atoms with Gasteiger partial charge < -0.3 is 29.4 Å². The van der Waals surface area contributed by atoms with Crippen molar-refractivity contribution < 1.29 is 24.4 Å². The van der Waals surface area contributed by atoms with Crippen molar-refractivity contribution in [1.29, 1.82) is 0 Å². The summed E-state index contributed by atoms with van der Waals surface area (Å²) in [5.41, 5.74) is 1.76. The number of benzene rings is 1. The molecule has 9 atom stereocenters. The summed E-state index contributed by atoms with van der Waals surface area (Å²) in [6.45, 7) is 13.2. The highest BCUT2D eigenvalue weighted by molar-refractivity contribution is 5.86. The second-order valence-corrected chi connectivity index (χ2v) is 14.0. The molecule has 0 radical (unpaired) electrons. The number of nitrogens with one attached hydrogen (secondary N) is 1. The van der Waals surface area contributed by atoms with E-state index in [0.29, 0.717) is 18.9 Å². The maximum atomic E-state index is 12.9.